The van der Waals surface area contributed by atoms with E-state index in [2.05, 4.69) is 10.6 Å². The van der Waals surface area contributed by atoms with Crippen molar-refractivity contribution in [3.05, 3.63) is 0 Å². The van der Waals surface area contributed by atoms with Gasteiger partial charge >= 0.3 is 0 Å². The summed E-state index contributed by atoms with van der Waals surface area (Å²) in [4.78, 5) is 32.6. The van der Waals surface area contributed by atoms with E-state index in [1.54, 1.807) is 0 Å². The summed E-state index contributed by atoms with van der Waals surface area (Å²) < 4.78 is 0. The van der Waals surface area contributed by atoms with Crippen molar-refractivity contribution in [2.75, 3.05) is 12.8 Å². The molecule has 14 heavy (non-hydrogen) atoms. The van der Waals surface area contributed by atoms with Crippen LogP contribution in [0.3, 0.4) is 0 Å². The molecular weight excluding hydrogens is 204 g/mol. The molecule has 80 valence electrons. The zero-order valence-electron chi connectivity index (χ0n) is 8.42. The maximum absolute atomic E-state index is 11.2. The van der Waals surface area contributed by atoms with Crippen LogP contribution in [-0.2, 0) is 14.4 Å². The van der Waals surface area contributed by atoms with Crippen molar-refractivity contribution in [3.8, 4) is 0 Å². The monoisotopic (exact) mass is 218 g/mol. The molecule has 0 aliphatic rings. The van der Waals surface area contributed by atoms with Crippen molar-refractivity contribution in [1.82, 2.24) is 10.6 Å². The molecule has 0 bridgehead atoms. The van der Waals surface area contributed by atoms with Crippen molar-refractivity contribution in [2.24, 2.45) is 0 Å². The largest absolute Gasteiger partial charge is 0.357 e. The Balaban J connectivity index is 4.17. The summed E-state index contributed by atoms with van der Waals surface area (Å²) in [7, 11) is 1.48. The highest BCUT2D eigenvalue weighted by Gasteiger charge is 2.18. The Bertz CT molecular complexity index is 243. The Hall–Kier alpha value is -1.04. The van der Waals surface area contributed by atoms with Crippen LogP contribution in [0.1, 0.15) is 13.8 Å². The van der Waals surface area contributed by atoms with Gasteiger partial charge in [-0.2, -0.15) is 0 Å². The maximum atomic E-state index is 11.2. The molecule has 1 atom stereocenters. The zero-order valence-corrected chi connectivity index (χ0v) is 9.23. The minimum absolute atomic E-state index is 0.0794. The first-order chi connectivity index (χ1) is 6.47. The predicted octanol–water partition coefficient (Wildman–Crippen LogP) is -0.483. The van der Waals surface area contributed by atoms with Crippen LogP contribution in [0.5, 0.6) is 0 Å². The summed E-state index contributed by atoms with van der Waals surface area (Å²) in [6.45, 7) is 2.74. The van der Waals surface area contributed by atoms with Gasteiger partial charge in [-0.1, -0.05) is 11.8 Å². The number of likely N-dealkylation sites (N-methyl/N-ethyl adjacent to an activating group) is 1. The van der Waals surface area contributed by atoms with E-state index in [4.69, 9.17) is 0 Å². The smallest absolute Gasteiger partial charge is 0.243 e. The minimum atomic E-state index is -0.647. The van der Waals surface area contributed by atoms with Gasteiger partial charge in [0.05, 0.1) is 0 Å². The molecule has 1 unspecified atom stereocenters. The lowest BCUT2D eigenvalue weighted by atomic mass is 10.3. The highest BCUT2D eigenvalue weighted by molar-refractivity contribution is 8.13. The second-order valence-electron chi connectivity index (χ2n) is 2.67. The summed E-state index contributed by atoms with van der Waals surface area (Å²) in [5, 5.41) is 4.80. The van der Waals surface area contributed by atoms with Crippen molar-refractivity contribution < 1.29 is 14.4 Å². The number of amides is 2. The second kappa shape index (κ2) is 6.42. The lowest BCUT2D eigenvalue weighted by Gasteiger charge is -2.14. The molecule has 0 aromatic carbocycles. The molecule has 2 amide bonds. The van der Waals surface area contributed by atoms with E-state index in [0.29, 0.717) is 0 Å². The molecule has 2 N–H and O–H groups in total. The van der Waals surface area contributed by atoms with Gasteiger partial charge in [0.15, 0.2) is 5.12 Å². The average molecular weight is 218 g/mol. The molecule has 0 aliphatic heterocycles. The number of hydrogen-bond acceptors (Lipinski definition) is 4. The summed E-state index contributed by atoms with van der Waals surface area (Å²) in [5.41, 5.74) is 0. The van der Waals surface area contributed by atoms with Gasteiger partial charge in [-0.25, -0.2) is 0 Å². The zero-order chi connectivity index (χ0) is 11.1. The minimum Gasteiger partial charge on any atom is -0.357 e. The fraction of sp³-hybridized carbons (Fsp3) is 0.625. The number of thioether (sulfide) groups is 1. The van der Waals surface area contributed by atoms with E-state index < -0.39 is 6.04 Å². The quantitative estimate of drug-likeness (QED) is 0.668. The average Bonchev–Trinajstić information content (AvgIpc) is 2.10. The summed E-state index contributed by atoms with van der Waals surface area (Å²) in [5.74, 6) is -0.328. The third kappa shape index (κ3) is 5.58. The number of hydrogen-bond donors (Lipinski definition) is 2. The number of carbonyl (C=O) groups excluding carboxylic acids is 3. The van der Waals surface area contributed by atoms with Gasteiger partial charge in [0.1, 0.15) is 6.04 Å². The summed E-state index contributed by atoms with van der Waals surface area (Å²) >= 11 is 1.01. The van der Waals surface area contributed by atoms with Gasteiger partial charge < -0.3 is 10.6 Å². The molecule has 0 aromatic heterocycles. The fourth-order valence-electron chi connectivity index (χ4n) is 0.803. The predicted molar refractivity (Wildman–Crippen MR) is 54.8 cm³/mol. The number of carbonyl (C=O) groups is 3. The molecule has 0 heterocycles. The molecule has 0 aliphatic carbocycles. The van der Waals surface area contributed by atoms with E-state index in [0.717, 1.165) is 11.8 Å². The van der Waals surface area contributed by atoms with Crippen molar-refractivity contribution >= 4 is 28.7 Å². The van der Waals surface area contributed by atoms with Crippen molar-refractivity contribution in [2.45, 2.75) is 19.9 Å². The fourth-order valence-corrected chi connectivity index (χ4v) is 1.44. The van der Waals surface area contributed by atoms with Gasteiger partial charge in [-0.3, -0.25) is 14.4 Å². The summed E-state index contributed by atoms with van der Waals surface area (Å²) in [6.07, 6.45) is 0. The number of rotatable bonds is 4. The molecule has 5 nitrogen and oxygen atoms in total. The molecule has 0 aromatic rings. The second-order valence-corrected chi connectivity index (χ2v) is 3.87. The Kier molecular flexibility index (Phi) is 5.94. The molecule has 0 fully saturated rings. The first-order valence-electron chi connectivity index (χ1n) is 4.09. The van der Waals surface area contributed by atoms with E-state index in [1.807, 2.05) is 0 Å². The maximum Gasteiger partial charge on any atom is 0.243 e. The highest BCUT2D eigenvalue weighted by Crippen LogP contribution is 2.03. The third-order valence-corrected chi connectivity index (χ3v) is 2.30. The third-order valence-electron chi connectivity index (χ3n) is 1.39. The van der Waals surface area contributed by atoms with Crippen LogP contribution in [0.2, 0.25) is 0 Å². The van der Waals surface area contributed by atoms with Gasteiger partial charge in [-0.05, 0) is 0 Å². The van der Waals surface area contributed by atoms with E-state index >= 15 is 0 Å². The van der Waals surface area contributed by atoms with Crippen LogP contribution in [0.4, 0.5) is 0 Å². The van der Waals surface area contributed by atoms with Crippen LogP contribution < -0.4 is 10.6 Å². The van der Waals surface area contributed by atoms with Gasteiger partial charge in [0, 0.05) is 26.6 Å². The summed E-state index contributed by atoms with van der Waals surface area (Å²) in [6, 6.07) is -0.647. The van der Waals surface area contributed by atoms with Gasteiger partial charge in [0.2, 0.25) is 11.8 Å². The van der Waals surface area contributed by atoms with Crippen LogP contribution in [0.15, 0.2) is 0 Å². The molecule has 6 heteroatoms. The van der Waals surface area contributed by atoms with Crippen LogP contribution >= 0.6 is 11.8 Å². The van der Waals surface area contributed by atoms with Gasteiger partial charge in [0.25, 0.3) is 0 Å². The molecule has 0 saturated heterocycles. The van der Waals surface area contributed by atoms with E-state index in [1.165, 1.54) is 20.9 Å². The molecule has 0 saturated carbocycles. The molecule has 0 radical (unpaired) electrons. The molecule has 0 rings (SSSR count). The van der Waals surface area contributed by atoms with Crippen LogP contribution in [0.25, 0.3) is 0 Å². The molecule has 0 spiro atoms. The lowest BCUT2D eigenvalue weighted by molar-refractivity contribution is -0.127. The Labute approximate surface area is 87.0 Å². The van der Waals surface area contributed by atoms with E-state index in [9.17, 15) is 14.4 Å². The Morgan fingerprint density at radius 2 is 1.86 bits per heavy atom. The van der Waals surface area contributed by atoms with Crippen molar-refractivity contribution in [1.29, 1.82) is 0 Å². The standard InChI is InChI=1S/C8H14N2O3S/c1-5(11)10-7(8(13)9-3)4-14-6(2)12/h7H,4H2,1-3H3,(H,9,13)(H,10,11). The first kappa shape index (κ1) is 13.0. The first-order valence-corrected chi connectivity index (χ1v) is 5.08. The molecular formula is C8H14N2O3S. The normalized spacial score (nSPS) is 11.6. The van der Waals surface area contributed by atoms with E-state index in [-0.39, 0.29) is 22.7 Å². The van der Waals surface area contributed by atoms with Crippen LogP contribution in [-0.4, -0.2) is 35.8 Å². The topological polar surface area (TPSA) is 75.3 Å². The lowest BCUT2D eigenvalue weighted by Crippen LogP contribution is -2.46. The number of nitrogens with one attached hydrogen (secondary N) is 2. The Morgan fingerprint density at radius 3 is 2.21 bits per heavy atom. The SMILES string of the molecule is CNC(=O)C(CSC(C)=O)NC(C)=O. The van der Waals surface area contributed by atoms with Crippen LogP contribution in [0, 0.1) is 0 Å². The van der Waals surface area contributed by atoms with Crippen molar-refractivity contribution in [3.63, 3.8) is 0 Å². The highest BCUT2D eigenvalue weighted by atomic mass is 32.2. The van der Waals surface area contributed by atoms with Gasteiger partial charge in [-0.15, -0.1) is 0 Å². The Morgan fingerprint density at radius 1 is 1.29 bits per heavy atom.